The van der Waals surface area contributed by atoms with Gasteiger partial charge in [-0.05, 0) is 36.9 Å². The summed E-state index contributed by atoms with van der Waals surface area (Å²) in [5.41, 5.74) is 8.47. The van der Waals surface area contributed by atoms with E-state index in [1.807, 2.05) is 36.4 Å². The third kappa shape index (κ3) is 3.77. The van der Waals surface area contributed by atoms with Crippen LogP contribution in [-0.2, 0) is 0 Å². The lowest BCUT2D eigenvalue weighted by molar-refractivity contribution is 0.0907. The van der Waals surface area contributed by atoms with Crippen molar-refractivity contribution in [1.29, 1.82) is 0 Å². The van der Waals surface area contributed by atoms with Crippen LogP contribution >= 0.6 is 0 Å². The highest BCUT2D eigenvalue weighted by Crippen LogP contribution is 2.24. The Bertz CT molecular complexity index is 657. The fraction of sp³-hybridized carbons (Fsp3) is 0.368. The molecule has 0 spiro atoms. The molecule has 23 heavy (non-hydrogen) atoms. The predicted molar refractivity (Wildman–Crippen MR) is 91.9 cm³/mol. The molecule has 3 rings (SSSR count). The van der Waals surface area contributed by atoms with Crippen LogP contribution in [0.4, 0.5) is 0 Å². The van der Waals surface area contributed by atoms with E-state index in [0.717, 1.165) is 30.4 Å². The Morgan fingerprint density at radius 2 is 1.91 bits per heavy atom. The van der Waals surface area contributed by atoms with Crippen LogP contribution < -0.4 is 11.1 Å². The molecule has 1 fully saturated rings. The molecular weight excluding hydrogens is 286 g/mol. The van der Waals surface area contributed by atoms with Gasteiger partial charge >= 0.3 is 0 Å². The van der Waals surface area contributed by atoms with E-state index in [4.69, 9.17) is 5.73 Å². The molecule has 120 valence electrons. The van der Waals surface area contributed by atoms with E-state index >= 15 is 0 Å². The van der Waals surface area contributed by atoms with E-state index in [1.54, 1.807) is 12.4 Å². The van der Waals surface area contributed by atoms with Crippen LogP contribution in [-0.4, -0.2) is 23.5 Å². The van der Waals surface area contributed by atoms with Crippen molar-refractivity contribution in [3.63, 3.8) is 0 Å². The average molecular weight is 309 g/mol. The van der Waals surface area contributed by atoms with Crippen LogP contribution in [0.15, 0.2) is 48.8 Å². The van der Waals surface area contributed by atoms with Gasteiger partial charge in [0.2, 0.25) is 0 Å². The van der Waals surface area contributed by atoms with Crippen LogP contribution in [0, 0.1) is 5.92 Å². The van der Waals surface area contributed by atoms with Gasteiger partial charge in [-0.3, -0.25) is 9.78 Å². The molecule has 1 aromatic heterocycles. The monoisotopic (exact) mass is 309 g/mol. The molecule has 0 radical (unpaired) electrons. The number of hydrogen-bond acceptors (Lipinski definition) is 3. The molecule has 0 aliphatic heterocycles. The summed E-state index contributed by atoms with van der Waals surface area (Å²) in [6.07, 6.45) is 7.89. The molecule has 2 atom stereocenters. The number of hydrogen-bond donors (Lipinski definition) is 2. The number of carbonyl (C=O) groups is 1. The molecule has 4 nitrogen and oxygen atoms in total. The zero-order valence-corrected chi connectivity index (χ0v) is 13.2. The number of rotatable bonds is 4. The Labute approximate surface area is 137 Å². The normalized spacial score (nSPS) is 20.9. The van der Waals surface area contributed by atoms with E-state index in [9.17, 15) is 4.79 Å². The number of benzene rings is 1. The van der Waals surface area contributed by atoms with Gasteiger partial charge in [-0.2, -0.15) is 0 Å². The van der Waals surface area contributed by atoms with Crippen molar-refractivity contribution >= 4 is 5.91 Å². The van der Waals surface area contributed by atoms with Gasteiger partial charge in [0, 0.05) is 24.0 Å². The summed E-state index contributed by atoms with van der Waals surface area (Å²) in [5.74, 6) is 0.332. The van der Waals surface area contributed by atoms with Crippen LogP contribution in [0.5, 0.6) is 0 Å². The number of aromatic nitrogens is 1. The number of pyridine rings is 1. The average Bonchev–Trinajstić information content (AvgIpc) is 2.63. The molecule has 3 N–H and O–H groups in total. The van der Waals surface area contributed by atoms with Gasteiger partial charge in [0.15, 0.2) is 0 Å². The van der Waals surface area contributed by atoms with Crippen LogP contribution in [0.3, 0.4) is 0 Å². The highest BCUT2D eigenvalue weighted by molar-refractivity contribution is 5.95. The largest absolute Gasteiger partial charge is 0.349 e. The fourth-order valence-electron chi connectivity index (χ4n) is 3.28. The first-order valence-corrected chi connectivity index (χ1v) is 8.29. The second kappa shape index (κ2) is 7.38. The van der Waals surface area contributed by atoms with E-state index in [1.165, 1.54) is 6.42 Å². The van der Waals surface area contributed by atoms with Crippen molar-refractivity contribution in [2.24, 2.45) is 11.7 Å². The van der Waals surface area contributed by atoms with Crippen LogP contribution in [0.1, 0.15) is 36.0 Å². The second-order valence-corrected chi connectivity index (χ2v) is 6.19. The van der Waals surface area contributed by atoms with Crippen molar-refractivity contribution in [2.75, 3.05) is 6.54 Å². The molecule has 2 unspecified atom stereocenters. The molecule has 0 saturated heterocycles. The molecule has 1 aliphatic rings. The zero-order chi connectivity index (χ0) is 16.1. The lowest BCUT2D eigenvalue weighted by Crippen LogP contribution is -2.44. The number of carbonyl (C=O) groups excluding carboxylic acids is 1. The maximum atomic E-state index is 12.6. The van der Waals surface area contributed by atoms with Gasteiger partial charge in [-0.1, -0.05) is 43.2 Å². The SMILES string of the molecule is NCC1CCCCC1NC(=O)c1cncc(-c2ccccc2)c1. The summed E-state index contributed by atoms with van der Waals surface area (Å²) < 4.78 is 0. The van der Waals surface area contributed by atoms with Crippen molar-refractivity contribution in [1.82, 2.24) is 10.3 Å². The minimum atomic E-state index is -0.0550. The van der Waals surface area contributed by atoms with Gasteiger partial charge in [-0.25, -0.2) is 0 Å². The maximum absolute atomic E-state index is 12.6. The Hall–Kier alpha value is -2.20. The molecule has 4 heteroatoms. The highest BCUT2D eigenvalue weighted by atomic mass is 16.1. The molecule has 1 heterocycles. The molecule has 1 amide bonds. The van der Waals surface area contributed by atoms with Crippen LogP contribution in [0.2, 0.25) is 0 Å². The first-order valence-electron chi connectivity index (χ1n) is 8.29. The van der Waals surface area contributed by atoms with Crippen molar-refractivity contribution in [2.45, 2.75) is 31.7 Å². The molecule has 1 aliphatic carbocycles. The van der Waals surface area contributed by atoms with Crippen molar-refractivity contribution < 1.29 is 4.79 Å². The molecule has 1 aromatic carbocycles. The molecule has 1 saturated carbocycles. The summed E-state index contributed by atoms with van der Waals surface area (Å²) in [7, 11) is 0. The zero-order valence-electron chi connectivity index (χ0n) is 13.2. The van der Waals surface area contributed by atoms with Gasteiger partial charge in [-0.15, -0.1) is 0 Å². The quantitative estimate of drug-likeness (QED) is 0.912. The Morgan fingerprint density at radius 1 is 1.13 bits per heavy atom. The predicted octanol–water partition coefficient (Wildman–Crippen LogP) is 3.00. The third-order valence-corrected chi connectivity index (χ3v) is 4.64. The first kappa shape index (κ1) is 15.7. The third-order valence-electron chi connectivity index (χ3n) is 4.64. The van der Waals surface area contributed by atoms with Gasteiger partial charge in [0.05, 0.1) is 5.56 Å². The minimum absolute atomic E-state index is 0.0550. The molecular formula is C19H23N3O. The minimum Gasteiger partial charge on any atom is -0.349 e. The highest BCUT2D eigenvalue weighted by Gasteiger charge is 2.25. The second-order valence-electron chi connectivity index (χ2n) is 6.19. The standard InChI is InChI=1S/C19H23N3O/c20-11-15-8-4-5-9-18(15)22-19(23)17-10-16(12-21-13-17)14-6-2-1-3-7-14/h1-3,6-7,10,12-13,15,18H,4-5,8-9,11,20H2,(H,22,23). The van der Waals surface area contributed by atoms with E-state index in [-0.39, 0.29) is 11.9 Å². The van der Waals surface area contributed by atoms with Gasteiger partial charge in [0.25, 0.3) is 5.91 Å². The molecule has 0 bridgehead atoms. The van der Waals surface area contributed by atoms with E-state index in [0.29, 0.717) is 18.0 Å². The number of nitrogens with two attached hydrogens (primary N) is 1. The number of nitrogens with zero attached hydrogens (tertiary/aromatic N) is 1. The number of nitrogens with one attached hydrogen (secondary N) is 1. The Morgan fingerprint density at radius 3 is 2.70 bits per heavy atom. The smallest absolute Gasteiger partial charge is 0.253 e. The summed E-state index contributed by atoms with van der Waals surface area (Å²) in [4.78, 5) is 16.8. The first-order chi connectivity index (χ1) is 11.3. The summed E-state index contributed by atoms with van der Waals surface area (Å²) in [6, 6.07) is 12.1. The lowest BCUT2D eigenvalue weighted by Gasteiger charge is -2.31. The summed E-state index contributed by atoms with van der Waals surface area (Å²) in [5, 5.41) is 3.16. The summed E-state index contributed by atoms with van der Waals surface area (Å²) >= 11 is 0. The van der Waals surface area contributed by atoms with E-state index in [2.05, 4.69) is 10.3 Å². The lowest BCUT2D eigenvalue weighted by atomic mass is 9.84. The maximum Gasteiger partial charge on any atom is 0.253 e. The van der Waals surface area contributed by atoms with Gasteiger partial charge in [0.1, 0.15) is 0 Å². The Kier molecular flexibility index (Phi) is 5.03. The van der Waals surface area contributed by atoms with E-state index < -0.39 is 0 Å². The molecule has 2 aromatic rings. The van der Waals surface area contributed by atoms with Crippen LogP contribution in [0.25, 0.3) is 11.1 Å². The number of amides is 1. The topological polar surface area (TPSA) is 68.0 Å². The Balaban J connectivity index is 1.75. The van der Waals surface area contributed by atoms with Gasteiger partial charge < -0.3 is 11.1 Å². The van der Waals surface area contributed by atoms with Crippen molar-refractivity contribution in [3.05, 3.63) is 54.4 Å². The summed E-state index contributed by atoms with van der Waals surface area (Å²) in [6.45, 7) is 0.632. The van der Waals surface area contributed by atoms with Crippen molar-refractivity contribution in [3.8, 4) is 11.1 Å². The fourth-order valence-corrected chi connectivity index (χ4v) is 3.28.